The van der Waals surface area contributed by atoms with Gasteiger partial charge in [-0.3, -0.25) is 0 Å². The lowest BCUT2D eigenvalue weighted by atomic mass is 10.3. The Bertz CT molecular complexity index is 350. The van der Waals surface area contributed by atoms with Gasteiger partial charge in [0, 0.05) is 5.38 Å². The summed E-state index contributed by atoms with van der Waals surface area (Å²) in [6.07, 6.45) is -0.494. The summed E-state index contributed by atoms with van der Waals surface area (Å²) in [5.41, 5.74) is 0.748. The Hall–Kier alpha value is -0.703. The van der Waals surface area contributed by atoms with Crippen LogP contribution in [0.2, 0.25) is 19.6 Å². The van der Waals surface area contributed by atoms with Crippen LogP contribution in [0.15, 0.2) is 5.38 Å². The lowest BCUT2D eigenvalue weighted by Crippen LogP contribution is -2.27. The summed E-state index contributed by atoms with van der Waals surface area (Å²) < 4.78 is 5.71. The van der Waals surface area contributed by atoms with Crippen LogP contribution in [0, 0.1) is 18.3 Å². The Balaban J connectivity index is 2.79. The zero-order valence-electron chi connectivity index (χ0n) is 8.87. The first kappa shape index (κ1) is 11.4. The van der Waals surface area contributed by atoms with E-state index in [9.17, 15) is 0 Å². The lowest BCUT2D eigenvalue weighted by Gasteiger charge is -2.20. The van der Waals surface area contributed by atoms with Crippen LogP contribution in [0.1, 0.15) is 16.8 Å². The van der Waals surface area contributed by atoms with E-state index in [4.69, 9.17) is 9.69 Å². The standard InChI is InChI=1S/C9H14N2OSSi/c1-7-11-8(6-13-7)9(5-10)12-14(2,3)4/h6,9H,1-4H3. The summed E-state index contributed by atoms with van der Waals surface area (Å²) in [5, 5.41) is 11.8. The fraction of sp³-hybridized carbons (Fsp3) is 0.556. The highest BCUT2D eigenvalue weighted by Crippen LogP contribution is 2.22. The maximum absolute atomic E-state index is 8.96. The Morgan fingerprint density at radius 3 is 2.57 bits per heavy atom. The summed E-state index contributed by atoms with van der Waals surface area (Å²) in [5.74, 6) is 0. The predicted molar refractivity (Wildman–Crippen MR) is 59.6 cm³/mol. The molecule has 0 fully saturated rings. The van der Waals surface area contributed by atoms with Crippen LogP contribution < -0.4 is 0 Å². The summed E-state index contributed by atoms with van der Waals surface area (Å²) in [6, 6.07) is 2.14. The van der Waals surface area contributed by atoms with Crippen molar-refractivity contribution in [2.45, 2.75) is 32.7 Å². The first-order valence-corrected chi connectivity index (χ1v) is 8.70. The maximum atomic E-state index is 8.96. The largest absolute Gasteiger partial charge is 0.398 e. The second-order valence-electron chi connectivity index (χ2n) is 4.03. The molecule has 0 aliphatic heterocycles. The van der Waals surface area contributed by atoms with E-state index in [1.165, 1.54) is 0 Å². The molecule has 1 rings (SSSR count). The minimum Gasteiger partial charge on any atom is -0.398 e. The zero-order chi connectivity index (χ0) is 10.8. The molecule has 1 atom stereocenters. The molecular formula is C9H14N2OSSi. The van der Waals surface area contributed by atoms with Crippen molar-refractivity contribution in [2.24, 2.45) is 0 Å². The molecule has 0 spiro atoms. The van der Waals surface area contributed by atoms with Crippen molar-refractivity contribution in [1.82, 2.24) is 4.98 Å². The molecule has 14 heavy (non-hydrogen) atoms. The van der Waals surface area contributed by atoms with Gasteiger partial charge in [0.1, 0.15) is 0 Å². The van der Waals surface area contributed by atoms with Crippen molar-refractivity contribution in [2.75, 3.05) is 0 Å². The van der Waals surface area contributed by atoms with Gasteiger partial charge >= 0.3 is 0 Å². The third kappa shape index (κ3) is 3.22. The summed E-state index contributed by atoms with van der Waals surface area (Å²) in [7, 11) is -1.67. The molecule has 0 N–H and O–H groups in total. The summed E-state index contributed by atoms with van der Waals surface area (Å²) in [4.78, 5) is 4.26. The van der Waals surface area contributed by atoms with Gasteiger partial charge in [0.25, 0.3) is 0 Å². The molecule has 0 radical (unpaired) electrons. The minimum atomic E-state index is -1.67. The van der Waals surface area contributed by atoms with Crippen molar-refractivity contribution in [3.05, 3.63) is 16.1 Å². The van der Waals surface area contributed by atoms with E-state index in [-0.39, 0.29) is 0 Å². The van der Waals surface area contributed by atoms with Gasteiger partial charge in [-0.2, -0.15) is 5.26 Å². The molecule has 1 aromatic rings. The third-order valence-corrected chi connectivity index (χ3v) is 3.23. The maximum Gasteiger partial charge on any atom is 0.186 e. The number of nitrogens with zero attached hydrogens (tertiary/aromatic N) is 2. The molecular weight excluding hydrogens is 212 g/mol. The molecule has 0 saturated heterocycles. The fourth-order valence-corrected chi connectivity index (χ4v) is 2.51. The minimum absolute atomic E-state index is 0.494. The van der Waals surface area contributed by atoms with E-state index in [1.54, 1.807) is 11.3 Å². The summed E-state index contributed by atoms with van der Waals surface area (Å²) in [6.45, 7) is 8.13. The normalized spacial score (nSPS) is 13.6. The number of hydrogen-bond donors (Lipinski definition) is 0. The second kappa shape index (κ2) is 4.21. The van der Waals surface area contributed by atoms with E-state index < -0.39 is 14.4 Å². The van der Waals surface area contributed by atoms with Crippen LogP contribution in [0.3, 0.4) is 0 Å². The van der Waals surface area contributed by atoms with E-state index in [1.807, 2.05) is 12.3 Å². The van der Waals surface area contributed by atoms with Crippen LogP contribution in [0.5, 0.6) is 0 Å². The quantitative estimate of drug-likeness (QED) is 0.744. The number of rotatable bonds is 3. The van der Waals surface area contributed by atoms with Gasteiger partial charge in [-0.15, -0.1) is 11.3 Å². The summed E-state index contributed by atoms with van der Waals surface area (Å²) >= 11 is 1.55. The molecule has 0 saturated carbocycles. The Morgan fingerprint density at radius 1 is 1.57 bits per heavy atom. The van der Waals surface area contributed by atoms with Gasteiger partial charge < -0.3 is 4.43 Å². The number of nitriles is 1. The molecule has 76 valence electrons. The Labute approximate surface area is 89.5 Å². The highest BCUT2D eigenvalue weighted by atomic mass is 32.1. The monoisotopic (exact) mass is 226 g/mol. The fourth-order valence-electron chi connectivity index (χ4n) is 1.01. The van der Waals surface area contributed by atoms with Crippen molar-refractivity contribution < 1.29 is 4.43 Å². The van der Waals surface area contributed by atoms with Crippen LogP contribution >= 0.6 is 11.3 Å². The van der Waals surface area contributed by atoms with Crippen LogP contribution in [0.4, 0.5) is 0 Å². The number of thiazole rings is 1. The van der Waals surface area contributed by atoms with Gasteiger partial charge in [0.2, 0.25) is 0 Å². The second-order valence-corrected chi connectivity index (χ2v) is 9.55. The molecule has 0 amide bonds. The molecule has 1 aromatic heterocycles. The molecule has 0 bridgehead atoms. The number of aromatic nitrogens is 1. The van der Waals surface area contributed by atoms with Crippen molar-refractivity contribution >= 4 is 19.7 Å². The van der Waals surface area contributed by atoms with Gasteiger partial charge in [-0.25, -0.2) is 4.98 Å². The zero-order valence-corrected chi connectivity index (χ0v) is 10.7. The average molecular weight is 226 g/mol. The first-order valence-electron chi connectivity index (χ1n) is 4.42. The SMILES string of the molecule is Cc1nc(C(C#N)O[Si](C)(C)C)cs1. The van der Waals surface area contributed by atoms with Crippen molar-refractivity contribution in [3.8, 4) is 6.07 Å². The van der Waals surface area contributed by atoms with E-state index in [0.29, 0.717) is 0 Å². The average Bonchev–Trinajstić information content (AvgIpc) is 2.46. The van der Waals surface area contributed by atoms with Crippen LogP contribution in [0.25, 0.3) is 0 Å². The Kier molecular flexibility index (Phi) is 3.42. The molecule has 0 aromatic carbocycles. The van der Waals surface area contributed by atoms with Crippen molar-refractivity contribution in [1.29, 1.82) is 5.26 Å². The molecule has 3 nitrogen and oxygen atoms in total. The molecule has 0 aliphatic rings. The topological polar surface area (TPSA) is 45.9 Å². The predicted octanol–water partition coefficient (Wildman–Crippen LogP) is 2.87. The van der Waals surface area contributed by atoms with E-state index in [0.717, 1.165) is 10.7 Å². The highest BCUT2D eigenvalue weighted by Gasteiger charge is 2.23. The van der Waals surface area contributed by atoms with Gasteiger partial charge in [0.05, 0.1) is 16.8 Å². The van der Waals surface area contributed by atoms with Crippen LogP contribution in [-0.4, -0.2) is 13.3 Å². The molecule has 1 unspecified atom stereocenters. The smallest absolute Gasteiger partial charge is 0.186 e. The van der Waals surface area contributed by atoms with E-state index in [2.05, 4.69) is 30.7 Å². The van der Waals surface area contributed by atoms with E-state index >= 15 is 0 Å². The van der Waals surface area contributed by atoms with Crippen LogP contribution in [-0.2, 0) is 4.43 Å². The van der Waals surface area contributed by atoms with Gasteiger partial charge in [0.15, 0.2) is 14.4 Å². The highest BCUT2D eigenvalue weighted by molar-refractivity contribution is 7.09. The molecule has 0 aliphatic carbocycles. The lowest BCUT2D eigenvalue weighted by molar-refractivity contribution is 0.250. The van der Waals surface area contributed by atoms with Gasteiger partial charge in [-0.05, 0) is 26.6 Å². The number of aryl methyl sites for hydroxylation is 1. The first-order chi connectivity index (χ1) is 6.42. The Morgan fingerprint density at radius 2 is 2.21 bits per heavy atom. The molecule has 1 heterocycles. The van der Waals surface area contributed by atoms with Crippen molar-refractivity contribution in [3.63, 3.8) is 0 Å². The van der Waals surface area contributed by atoms with Gasteiger partial charge in [-0.1, -0.05) is 0 Å². The number of hydrogen-bond acceptors (Lipinski definition) is 4. The molecule has 5 heteroatoms. The third-order valence-electron chi connectivity index (χ3n) is 1.49.